The predicted molar refractivity (Wildman–Crippen MR) is 107 cm³/mol. The summed E-state index contributed by atoms with van der Waals surface area (Å²) in [5, 5.41) is 0. The Labute approximate surface area is 157 Å². The second-order valence-electron chi connectivity index (χ2n) is 7.03. The largest absolute Gasteiger partial charge is 0.298 e. The molecule has 0 saturated carbocycles. The molecule has 0 amide bonds. The van der Waals surface area contributed by atoms with Crippen LogP contribution in [0.4, 0.5) is 0 Å². The van der Waals surface area contributed by atoms with E-state index in [1.165, 1.54) is 5.56 Å². The summed E-state index contributed by atoms with van der Waals surface area (Å²) in [6.07, 6.45) is 1.58. The summed E-state index contributed by atoms with van der Waals surface area (Å²) >= 11 is 0. The van der Waals surface area contributed by atoms with Gasteiger partial charge in [-0.2, -0.15) is 4.31 Å². The van der Waals surface area contributed by atoms with Crippen LogP contribution >= 0.6 is 0 Å². The number of aryl methyl sites for hydroxylation is 1. The molecule has 26 heavy (non-hydrogen) atoms. The summed E-state index contributed by atoms with van der Waals surface area (Å²) in [7, 11) is -3.18. The van der Waals surface area contributed by atoms with E-state index in [4.69, 9.17) is 0 Å². The Kier molecular flexibility index (Phi) is 6.46. The molecule has 0 bridgehead atoms. The van der Waals surface area contributed by atoms with E-state index in [1.54, 1.807) is 4.31 Å². The van der Waals surface area contributed by atoms with Gasteiger partial charge in [0.15, 0.2) is 0 Å². The van der Waals surface area contributed by atoms with Crippen molar-refractivity contribution < 1.29 is 8.42 Å². The van der Waals surface area contributed by atoms with Gasteiger partial charge in [-0.25, -0.2) is 8.42 Å². The van der Waals surface area contributed by atoms with Gasteiger partial charge in [0.05, 0.1) is 5.75 Å². The highest BCUT2D eigenvalue weighted by Gasteiger charge is 2.28. The maximum atomic E-state index is 12.6. The zero-order chi connectivity index (χ0) is 18.4. The SMILES string of the molecule is CC(Cc1ccccc1)N1CCN(S(=O)(=O)CCc2ccccc2)CC1. The molecule has 0 spiro atoms. The van der Waals surface area contributed by atoms with Crippen molar-refractivity contribution in [3.05, 3.63) is 71.8 Å². The van der Waals surface area contributed by atoms with Crippen LogP contribution in [0.1, 0.15) is 18.1 Å². The lowest BCUT2D eigenvalue weighted by atomic mass is 10.1. The molecule has 0 aliphatic carbocycles. The molecule has 4 nitrogen and oxygen atoms in total. The van der Waals surface area contributed by atoms with Gasteiger partial charge in [0.2, 0.25) is 10.0 Å². The first-order chi connectivity index (χ1) is 12.5. The van der Waals surface area contributed by atoms with Crippen molar-refractivity contribution in [1.29, 1.82) is 0 Å². The van der Waals surface area contributed by atoms with E-state index in [0.717, 1.165) is 25.1 Å². The zero-order valence-electron chi connectivity index (χ0n) is 15.4. The van der Waals surface area contributed by atoms with Crippen molar-refractivity contribution in [3.8, 4) is 0 Å². The minimum absolute atomic E-state index is 0.191. The van der Waals surface area contributed by atoms with Gasteiger partial charge in [0.1, 0.15) is 0 Å². The molecule has 1 aliphatic rings. The fourth-order valence-corrected chi connectivity index (χ4v) is 5.00. The minimum Gasteiger partial charge on any atom is -0.298 e. The molecule has 3 rings (SSSR count). The molecule has 2 aromatic rings. The Hall–Kier alpha value is -1.69. The van der Waals surface area contributed by atoms with Crippen LogP contribution in [0.5, 0.6) is 0 Å². The topological polar surface area (TPSA) is 40.6 Å². The van der Waals surface area contributed by atoms with E-state index in [9.17, 15) is 8.42 Å². The number of hydrogen-bond donors (Lipinski definition) is 0. The van der Waals surface area contributed by atoms with Crippen LogP contribution in [0.3, 0.4) is 0 Å². The van der Waals surface area contributed by atoms with Gasteiger partial charge in [-0.05, 0) is 30.9 Å². The minimum atomic E-state index is -3.18. The molecule has 1 atom stereocenters. The molecule has 2 aromatic carbocycles. The van der Waals surface area contributed by atoms with E-state index in [-0.39, 0.29) is 5.75 Å². The summed E-state index contributed by atoms with van der Waals surface area (Å²) in [4.78, 5) is 2.40. The Bertz CT molecular complexity index is 770. The van der Waals surface area contributed by atoms with E-state index < -0.39 is 10.0 Å². The van der Waals surface area contributed by atoms with E-state index in [2.05, 4.69) is 36.1 Å². The lowest BCUT2D eigenvalue weighted by molar-refractivity contribution is 0.145. The fourth-order valence-electron chi connectivity index (χ4n) is 3.53. The molecule has 1 fully saturated rings. The smallest absolute Gasteiger partial charge is 0.214 e. The molecular weight excluding hydrogens is 344 g/mol. The average Bonchev–Trinajstić information content (AvgIpc) is 2.68. The molecule has 5 heteroatoms. The first kappa shape index (κ1) is 19.1. The maximum absolute atomic E-state index is 12.6. The van der Waals surface area contributed by atoms with Crippen LogP contribution in [0.2, 0.25) is 0 Å². The van der Waals surface area contributed by atoms with Crippen LogP contribution in [0, 0.1) is 0 Å². The summed E-state index contributed by atoms with van der Waals surface area (Å²) in [5.41, 5.74) is 2.41. The van der Waals surface area contributed by atoms with E-state index in [1.807, 2.05) is 36.4 Å². The highest BCUT2D eigenvalue weighted by molar-refractivity contribution is 7.89. The Morgan fingerprint density at radius 3 is 1.96 bits per heavy atom. The molecule has 1 saturated heterocycles. The lowest BCUT2D eigenvalue weighted by Gasteiger charge is -2.37. The molecule has 0 aromatic heterocycles. The molecular formula is C21H28N2O2S. The van der Waals surface area contributed by atoms with Gasteiger partial charge in [0.25, 0.3) is 0 Å². The predicted octanol–water partition coefficient (Wildman–Crippen LogP) is 2.81. The van der Waals surface area contributed by atoms with Gasteiger partial charge in [-0.15, -0.1) is 0 Å². The van der Waals surface area contributed by atoms with Crippen LogP contribution in [-0.2, 0) is 22.9 Å². The number of hydrogen-bond acceptors (Lipinski definition) is 3. The van der Waals surface area contributed by atoms with Gasteiger partial charge in [-0.1, -0.05) is 60.7 Å². The van der Waals surface area contributed by atoms with Crippen molar-refractivity contribution in [3.63, 3.8) is 0 Å². The summed E-state index contributed by atoms with van der Waals surface area (Å²) in [6.45, 7) is 5.02. The molecule has 0 radical (unpaired) electrons. The van der Waals surface area contributed by atoms with Crippen molar-refractivity contribution in [2.45, 2.75) is 25.8 Å². The third kappa shape index (κ3) is 5.16. The van der Waals surface area contributed by atoms with Gasteiger partial charge in [-0.3, -0.25) is 4.90 Å². The second-order valence-corrected chi connectivity index (χ2v) is 9.11. The highest BCUT2D eigenvalue weighted by atomic mass is 32.2. The normalized spacial score (nSPS) is 17.9. The van der Waals surface area contributed by atoms with Gasteiger partial charge >= 0.3 is 0 Å². The van der Waals surface area contributed by atoms with Crippen LogP contribution in [0.15, 0.2) is 60.7 Å². The molecule has 1 heterocycles. The number of benzene rings is 2. The van der Waals surface area contributed by atoms with Gasteiger partial charge < -0.3 is 0 Å². The standard InChI is InChI=1S/C21H28N2O2S/c1-19(18-21-10-6-3-7-11-21)22-13-15-23(16-14-22)26(24,25)17-12-20-8-4-2-5-9-20/h2-11,19H,12-18H2,1H3. The zero-order valence-corrected chi connectivity index (χ0v) is 16.2. The van der Waals surface area contributed by atoms with Crippen molar-refractivity contribution in [2.24, 2.45) is 0 Å². The number of nitrogens with zero attached hydrogens (tertiary/aromatic N) is 2. The second kappa shape index (κ2) is 8.80. The van der Waals surface area contributed by atoms with Gasteiger partial charge in [0, 0.05) is 32.2 Å². The van der Waals surface area contributed by atoms with Crippen molar-refractivity contribution >= 4 is 10.0 Å². The molecule has 1 aliphatic heterocycles. The average molecular weight is 373 g/mol. The highest BCUT2D eigenvalue weighted by Crippen LogP contribution is 2.15. The summed E-state index contributed by atoms with van der Waals surface area (Å²) < 4.78 is 26.9. The number of rotatable bonds is 7. The lowest BCUT2D eigenvalue weighted by Crippen LogP contribution is -2.52. The molecule has 0 N–H and O–H groups in total. The molecule has 140 valence electrons. The quantitative estimate of drug-likeness (QED) is 0.750. The molecule has 1 unspecified atom stereocenters. The number of piperazine rings is 1. The van der Waals surface area contributed by atoms with Crippen LogP contribution in [-0.4, -0.2) is 55.6 Å². The Balaban J connectivity index is 1.49. The first-order valence-electron chi connectivity index (χ1n) is 9.34. The van der Waals surface area contributed by atoms with E-state index in [0.29, 0.717) is 25.6 Å². The fraction of sp³-hybridized carbons (Fsp3) is 0.429. The Morgan fingerprint density at radius 1 is 0.846 bits per heavy atom. The van der Waals surface area contributed by atoms with Crippen LogP contribution in [0.25, 0.3) is 0 Å². The van der Waals surface area contributed by atoms with Crippen molar-refractivity contribution in [1.82, 2.24) is 9.21 Å². The first-order valence-corrected chi connectivity index (χ1v) is 11.0. The monoisotopic (exact) mass is 372 g/mol. The maximum Gasteiger partial charge on any atom is 0.214 e. The van der Waals surface area contributed by atoms with Crippen molar-refractivity contribution in [2.75, 3.05) is 31.9 Å². The summed E-state index contributed by atoms with van der Waals surface area (Å²) in [5.74, 6) is 0.191. The third-order valence-corrected chi connectivity index (χ3v) is 7.03. The van der Waals surface area contributed by atoms with E-state index >= 15 is 0 Å². The Morgan fingerprint density at radius 2 is 1.38 bits per heavy atom. The summed E-state index contributed by atoms with van der Waals surface area (Å²) in [6, 6.07) is 20.7. The van der Waals surface area contributed by atoms with Crippen LogP contribution < -0.4 is 0 Å². The number of sulfonamides is 1. The third-order valence-electron chi connectivity index (χ3n) is 5.16.